The maximum absolute atomic E-state index is 12.7. The summed E-state index contributed by atoms with van der Waals surface area (Å²) in [4.78, 5) is 11.0. The van der Waals surface area contributed by atoms with Crippen LogP contribution in [0.15, 0.2) is 30.4 Å². The SMILES string of the molecule is C=C(C(C)=O)C(O)c1ccc(F)cc1Cl. The lowest BCUT2D eigenvalue weighted by Crippen LogP contribution is -2.08. The quantitative estimate of drug-likeness (QED) is 0.808. The van der Waals surface area contributed by atoms with Gasteiger partial charge in [-0.05, 0) is 19.1 Å². The number of halogens is 2. The zero-order valence-corrected chi connectivity index (χ0v) is 8.88. The van der Waals surface area contributed by atoms with Gasteiger partial charge < -0.3 is 5.11 Å². The summed E-state index contributed by atoms with van der Waals surface area (Å²) in [6.07, 6.45) is -1.18. The minimum absolute atomic E-state index is 0.0310. The highest BCUT2D eigenvalue weighted by atomic mass is 35.5. The average Bonchev–Trinajstić information content (AvgIpc) is 2.15. The zero-order chi connectivity index (χ0) is 11.6. The largest absolute Gasteiger partial charge is 0.383 e. The molecule has 1 unspecified atom stereocenters. The Bertz CT molecular complexity index is 415. The van der Waals surface area contributed by atoms with Crippen LogP contribution in [0.25, 0.3) is 0 Å². The maximum Gasteiger partial charge on any atom is 0.158 e. The predicted octanol–water partition coefficient (Wildman–Crippen LogP) is 2.66. The molecule has 0 heterocycles. The van der Waals surface area contributed by atoms with E-state index >= 15 is 0 Å². The number of carbonyl (C=O) groups is 1. The lowest BCUT2D eigenvalue weighted by molar-refractivity contribution is -0.114. The number of carbonyl (C=O) groups excluding carboxylic acids is 1. The van der Waals surface area contributed by atoms with Crippen molar-refractivity contribution in [2.75, 3.05) is 0 Å². The number of rotatable bonds is 3. The van der Waals surface area contributed by atoms with Crippen molar-refractivity contribution in [1.29, 1.82) is 0 Å². The van der Waals surface area contributed by atoms with Crippen LogP contribution in [0.2, 0.25) is 5.02 Å². The molecule has 1 aromatic rings. The number of benzene rings is 1. The maximum atomic E-state index is 12.7. The Morgan fingerprint density at radius 2 is 2.20 bits per heavy atom. The lowest BCUT2D eigenvalue weighted by Gasteiger charge is -2.13. The van der Waals surface area contributed by atoms with Crippen LogP contribution < -0.4 is 0 Å². The minimum Gasteiger partial charge on any atom is -0.383 e. The molecule has 80 valence electrons. The highest BCUT2D eigenvalue weighted by molar-refractivity contribution is 6.31. The van der Waals surface area contributed by atoms with Gasteiger partial charge in [0.15, 0.2) is 5.78 Å². The van der Waals surface area contributed by atoms with Gasteiger partial charge in [-0.2, -0.15) is 0 Å². The molecule has 1 aromatic carbocycles. The van der Waals surface area contributed by atoms with Crippen molar-refractivity contribution in [3.8, 4) is 0 Å². The van der Waals surface area contributed by atoms with Crippen molar-refractivity contribution in [2.24, 2.45) is 0 Å². The summed E-state index contributed by atoms with van der Waals surface area (Å²) in [5, 5.41) is 9.78. The fraction of sp³-hybridized carbons (Fsp3) is 0.182. The van der Waals surface area contributed by atoms with E-state index in [0.717, 1.165) is 12.1 Å². The van der Waals surface area contributed by atoms with Crippen molar-refractivity contribution in [3.63, 3.8) is 0 Å². The summed E-state index contributed by atoms with van der Waals surface area (Å²) in [5.41, 5.74) is 0.307. The van der Waals surface area contributed by atoms with Gasteiger partial charge in [-0.3, -0.25) is 4.79 Å². The molecule has 2 nitrogen and oxygen atoms in total. The topological polar surface area (TPSA) is 37.3 Å². The van der Waals surface area contributed by atoms with Crippen LogP contribution in [-0.4, -0.2) is 10.9 Å². The molecule has 0 bridgehead atoms. The van der Waals surface area contributed by atoms with E-state index in [9.17, 15) is 14.3 Å². The molecule has 1 atom stereocenters. The van der Waals surface area contributed by atoms with Gasteiger partial charge in [0.25, 0.3) is 0 Å². The van der Waals surface area contributed by atoms with E-state index in [4.69, 9.17) is 11.6 Å². The molecule has 1 N–H and O–H groups in total. The number of hydrogen-bond donors (Lipinski definition) is 1. The van der Waals surface area contributed by atoms with E-state index < -0.39 is 11.9 Å². The van der Waals surface area contributed by atoms with E-state index in [1.54, 1.807) is 0 Å². The van der Waals surface area contributed by atoms with Crippen LogP contribution in [0.1, 0.15) is 18.6 Å². The van der Waals surface area contributed by atoms with Gasteiger partial charge in [0.05, 0.1) is 0 Å². The molecule has 15 heavy (non-hydrogen) atoms. The normalized spacial score (nSPS) is 12.3. The Kier molecular flexibility index (Phi) is 3.61. The molecule has 1 rings (SSSR count). The number of ketones is 1. The Morgan fingerprint density at radius 3 is 2.67 bits per heavy atom. The summed E-state index contributed by atoms with van der Waals surface area (Å²) in [6, 6.07) is 3.57. The number of aliphatic hydroxyl groups is 1. The molecule has 0 spiro atoms. The molecular formula is C11H10ClFO2. The molecule has 0 radical (unpaired) electrons. The molecule has 0 aliphatic rings. The van der Waals surface area contributed by atoms with Gasteiger partial charge in [0.1, 0.15) is 11.9 Å². The van der Waals surface area contributed by atoms with Crippen molar-refractivity contribution >= 4 is 17.4 Å². The smallest absolute Gasteiger partial charge is 0.158 e. The monoisotopic (exact) mass is 228 g/mol. The molecule has 0 saturated heterocycles. The molecule has 0 fully saturated rings. The van der Waals surface area contributed by atoms with Crippen molar-refractivity contribution in [1.82, 2.24) is 0 Å². The molecule has 0 aliphatic heterocycles. The standard InChI is InChI=1S/C11H10ClFO2/c1-6(7(2)14)11(15)9-4-3-8(13)5-10(9)12/h3-5,11,15H,1H2,2H3. The summed E-state index contributed by atoms with van der Waals surface area (Å²) >= 11 is 5.72. The van der Waals surface area contributed by atoms with Crippen LogP contribution in [0, 0.1) is 5.82 Å². The second-order valence-electron chi connectivity index (χ2n) is 3.15. The first kappa shape index (κ1) is 11.9. The minimum atomic E-state index is -1.18. The number of hydrogen-bond acceptors (Lipinski definition) is 2. The first-order chi connectivity index (χ1) is 6.93. The van der Waals surface area contributed by atoms with Gasteiger partial charge in [-0.25, -0.2) is 4.39 Å². The highest BCUT2D eigenvalue weighted by Crippen LogP contribution is 2.28. The van der Waals surface area contributed by atoms with E-state index in [1.165, 1.54) is 13.0 Å². The third kappa shape index (κ3) is 2.64. The number of Topliss-reactive ketones (excluding diaryl/α,β-unsaturated/α-hetero) is 1. The van der Waals surface area contributed by atoms with Crippen molar-refractivity contribution in [2.45, 2.75) is 13.0 Å². The fourth-order valence-corrected chi connectivity index (χ4v) is 1.37. The molecular weight excluding hydrogens is 219 g/mol. The van der Waals surface area contributed by atoms with Gasteiger partial charge in [-0.1, -0.05) is 24.2 Å². The van der Waals surface area contributed by atoms with E-state index in [1.807, 2.05) is 0 Å². The van der Waals surface area contributed by atoms with Crippen LogP contribution in [-0.2, 0) is 4.79 Å². The Labute approximate surface area is 92.0 Å². The zero-order valence-electron chi connectivity index (χ0n) is 8.13. The predicted molar refractivity (Wildman–Crippen MR) is 56.2 cm³/mol. The van der Waals surface area contributed by atoms with Crippen molar-refractivity contribution in [3.05, 3.63) is 46.8 Å². The first-order valence-electron chi connectivity index (χ1n) is 4.26. The summed E-state index contributed by atoms with van der Waals surface area (Å²) in [7, 11) is 0. The van der Waals surface area contributed by atoms with E-state index in [0.29, 0.717) is 0 Å². The van der Waals surface area contributed by atoms with Gasteiger partial charge in [-0.15, -0.1) is 0 Å². The second kappa shape index (κ2) is 4.55. The Balaban J connectivity index is 3.06. The molecule has 0 amide bonds. The van der Waals surface area contributed by atoms with Crippen LogP contribution in [0.5, 0.6) is 0 Å². The third-order valence-electron chi connectivity index (χ3n) is 2.04. The van der Waals surface area contributed by atoms with Crippen LogP contribution in [0.3, 0.4) is 0 Å². The lowest BCUT2D eigenvalue weighted by atomic mass is 10.0. The molecule has 0 saturated carbocycles. The van der Waals surface area contributed by atoms with Gasteiger partial charge in [0, 0.05) is 16.2 Å². The Morgan fingerprint density at radius 1 is 1.60 bits per heavy atom. The average molecular weight is 229 g/mol. The first-order valence-corrected chi connectivity index (χ1v) is 4.64. The van der Waals surface area contributed by atoms with Crippen molar-refractivity contribution < 1.29 is 14.3 Å². The number of aliphatic hydroxyl groups excluding tert-OH is 1. The summed E-state index contributed by atoms with van der Waals surface area (Å²) < 4.78 is 12.7. The summed E-state index contributed by atoms with van der Waals surface area (Å²) in [6.45, 7) is 4.74. The highest BCUT2D eigenvalue weighted by Gasteiger charge is 2.18. The third-order valence-corrected chi connectivity index (χ3v) is 2.37. The van der Waals surface area contributed by atoms with E-state index in [2.05, 4.69) is 6.58 Å². The molecule has 0 aliphatic carbocycles. The van der Waals surface area contributed by atoms with Crippen LogP contribution in [0.4, 0.5) is 4.39 Å². The summed E-state index contributed by atoms with van der Waals surface area (Å²) in [5.74, 6) is -0.827. The molecule has 0 aromatic heterocycles. The van der Waals surface area contributed by atoms with Crippen LogP contribution >= 0.6 is 11.6 Å². The van der Waals surface area contributed by atoms with Gasteiger partial charge in [0.2, 0.25) is 0 Å². The van der Waals surface area contributed by atoms with E-state index in [-0.39, 0.29) is 21.9 Å². The van der Waals surface area contributed by atoms with Gasteiger partial charge >= 0.3 is 0 Å². The fourth-order valence-electron chi connectivity index (χ4n) is 1.10. The molecule has 4 heteroatoms. The second-order valence-corrected chi connectivity index (χ2v) is 3.56. The Hall–Kier alpha value is -1.19.